The lowest BCUT2D eigenvalue weighted by Gasteiger charge is -2.36. The van der Waals surface area contributed by atoms with E-state index in [1.54, 1.807) is 12.1 Å². The van der Waals surface area contributed by atoms with Crippen molar-refractivity contribution in [3.05, 3.63) is 65.7 Å². The van der Waals surface area contributed by atoms with Gasteiger partial charge in [-0.1, -0.05) is 0 Å². The van der Waals surface area contributed by atoms with Crippen LogP contribution in [0.5, 0.6) is 0 Å². The minimum absolute atomic E-state index is 0.182. The maximum atomic E-state index is 13.1. The van der Waals surface area contributed by atoms with Crippen LogP contribution in [0.15, 0.2) is 53.5 Å². The molecule has 0 aromatic heterocycles. The van der Waals surface area contributed by atoms with Crippen molar-refractivity contribution in [2.24, 2.45) is 4.99 Å². The monoisotopic (exact) mass is 398 g/mol. The average Bonchev–Trinajstić information content (AvgIpc) is 3.02. The number of carbonyl (C=O) groups is 2. The van der Waals surface area contributed by atoms with Gasteiger partial charge in [0, 0.05) is 37.2 Å². The molecular formula is C21H20F2N4O2. The zero-order valence-electron chi connectivity index (χ0n) is 15.6. The summed E-state index contributed by atoms with van der Waals surface area (Å²) in [6.45, 7) is 1.39. The second-order valence-corrected chi connectivity index (χ2v) is 7.28. The second-order valence-electron chi connectivity index (χ2n) is 7.28. The number of anilines is 1. The molecule has 6 nitrogen and oxygen atoms in total. The Kier molecular flexibility index (Phi) is 5.10. The van der Waals surface area contributed by atoms with Gasteiger partial charge in [-0.25, -0.2) is 8.78 Å². The normalized spacial score (nSPS) is 18.4. The lowest BCUT2D eigenvalue weighted by molar-refractivity contribution is -0.119. The first-order valence-electron chi connectivity index (χ1n) is 9.39. The first-order valence-corrected chi connectivity index (χ1v) is 9.39. The standard InChI is InChI=1S/C21H20F2N4O2/c22-15-3-1-14(2-4-15)19-20(29)26-21(25-19)9-11-27(12-10-21)13-18(28)24-17-7-5-16(23)6-8-17/h1-8H,9-13H2,(H,24,28)(H,26,29). The summed E-state index contributed by atoms with van der Waals surface area (Å²) in [5.74, 6) is -1.17. The number of hydrogen-bond acceptors (Lipinski definition) is 4. The molecule has 2 aliphatic rings. The summed E-state index contributed by atoms with van der Waals surface area (Å²) < 4.78 is 26.1. The van der Waals surface area contributed by atoms with Gasteiger partial charge >= 0.3 is 0 Å². The number of carbonyl (C=O) groups excluding carboxylic acids is 2. The van der Waals surface area contributed by atoms with Gasteiger partial charge in [-0.3, -0.25) is 19.5 Å². The SMILES string of the molecule is O=C(CN1CCC2(CC1)N=C(c1ccc(F)cc1)C(=O)N2)Nc1ccc(F)cc1. The molecule has 8 heteroatoms. The molecule has 0 unspecified atom stereocenters. The van der Waals surface area contributed by atoms with Gasteiger partial charge in [0.25, 0.3) is 5.91 Å². The number of halogens is 2. The van der Waals surface area contributed by atoms with Crippen molar-refractivity contribution in [3.8, 4) is 0 Å². The predicted octanol–water partition coefficient (Wildman–Crippen LogP) is 2.31. The number of rotatable bonds is 4. The summed E-state index contributed by atoms with van der Waals surface area (Å²) in [6, 6.07) is 11.3. The van der Waals surface area contributed by atoms with E-state index in [2.05, 4.69) is 15.6 Å². The summed E-state index contributed by atoms with van der Waals surface area (Å²) in [5, 5.41) is 5.69. The first kappa shape index (κ1) is 19.2. The van der Waals surface area contributed by atoms with Crippen molar-refractivity contribution in [1.29, 1.82) is 0 Å². The van der Waals surface area contributed by atoms with E-state index in [9.17, 15) is 18.4 Å². The third-order valence-electron chi connectivity index (χ3n) is 5.18. The molecule has 1 fully saturated rings. The Hall–Kier alpha value is -3.13. The number of benzene rings is 2. The Labute approximate surface area is 166 Å². The highest BCUT2D eigenvalue weighted by atomic mass is 19.1. The Morgan fingerprint density at radius 3 is 2.24 bits per heavy atom. The molecule has 2 N–H and O–H groups in total. The average molecular weight is 398 g/mol. The van der Waals surface area contributed by atoms with Crippen LogP contribution in [0, 0.1) is 11.6 Å². The molecule has 0 atom stereocenters. The summed E-state index contributed by atoms with van der Waals surface area (Å²) in [5.41, 5.74) is 0.765. The predicted molar refractivity (Wildman–Crippen MR) is 105 cm³/mol. The Balaban J connectivity index is 1.35. The molecule has 0 radical (unpaired) electrons. The van der Waals surface area contributed by atoms with Crippen LogP contribution in [0.4, 0.5) is 14.5 Å². The number of amides is 2. The van der Waals surface area contributed by atoms with Crippen LogP contribution in [-0.2, 0) is 9.59 Å². The Bertz CT molecular complexity index is 950. The number of piperidine rings is 1. The molecule has 2 aromatic carbocycles. The lowest BCUT2D eigenvalue weighted by Crippen LogP contribution is -2.52. The molecule has 0 bridgehead atoms. The molecule has 1 saturated heterocycles. The molecule has 2 heterocycles. The molecule has 2 amide bonds. The zero-order chi connectivity index (χ0) is 20.4. The molecule has 0 aliphatic carbocycles. The van der Waals surface area contributed by atoms with Crippen molar-refractivity contribution in [1.82, 2.24) is 10.2 Å². The van der Waals surface area contributed by atoms with E-state index in [4.69, 9.17) is 0 Å². The molecular weight excluding hydrogens is 378 g/mol. The van der Waals surface area contributed by atoms with Crippen molar-refractivity contribution in [2.75, 3.05) is 25.0 Å². The van der Waals surface area contributed by atoms with E-state index in [1.165, 1.54) is 36.4 Å². The highest BCUT2D eigenvalue weighted by Crippen LogP contribution is 2.28. The first-order chi connectivity index (χ1) is 13.9. The summed E-state index contributed by atoms with van der Waals surface area (Å²) in [4.78, 5) is 31.2. The number of hydrogen-bond donors (Lipinski definition) is 2. The van der Waals surface area contributed by atoms with E-state index in [1.807, 2.05) is 4.90 Å². The lowest BCUT2D eigenvalue weighted by atomic mass is 9.98. The highest BCUT2D eigenvalue weighted by Gasteiger charge is 2.42. The van der Waals surface area contributed by atoms with Crippen molar-refractivity contribution >= 4 is 23.2 Å². The van der Waals surface area contributed by atoms with Crippen molar-refractivity contribution in [2.45, 2.75) is 18.5 Å². The number of nitrogens with one attached hydrogen (secondary N) is 2. The van der Waals surface area contributed by atoms with Crippen LogP contribution in [0.2, 0.25) is 0 Å². The van der Waals surface area contributed by atoms with E-state index in [0.29, 0.717) is 42.9 Å². The Morgan fingerprint density at radius 2 is 1.62 bits per heavy atom. The van der Waals surface area contributed by atoms with Crippen molar-refractivity contribution in [3.63, 3.8) is 0 Å². The van der Waals surface area contributed by atoms with Gasteiger partial charge in [0.1, 0.15) is 23.0 Å². The van der Waals surface area contributed by atoms with Gasteiger partial charge in [0.05, 0.1) is 6.54 Å². The van der Waals surface area contributed by atoms with Gasteiger partial charge in [0.15, 0.2) is 0 Å². The molecule has 1 spiro atoms. The highest BCUT2D eigenvalue weighted by molar-refractivity contribution is 6.46. The fourth-order valence-electron chi connectivity index (χ4n) is 3.62. The second kappa shape index (κ2) is 7.71. The zero-order valence-corrected chi connectivity index (χ0v) is 15.6. The number of nitrogens with zero attached hydrogens (tertiary/aromatic N) is 2. The molecule has 2 aromatic rings. The summed E-state index contributed by atoms with van der Waals surface area (Å²) in [7, 11) is 0. The van der Waals surface area contributed by atoms with E-state index >= 15 is 0 Å². The minimum atomic E-state index is -0.676. The molecule has 0 saturated carbocycles. The summed E-state index contributed by atoms with van der Waals surface area (Å²) >= 11 is 0. The maximum Gasteiger partial charge on any atom is 0.272 e. The largest absolute Gasteiger partial charge is 0.326 e. The van der Waals surface area contributed by atoms with E-state index < -0.39 is 5.66 Å². The van der Waals surface area contributed by atoms with Gasteiger partial charge < -0.3 is 10.6 Å². The summed E-state index contributed by atoms with van der Waals surface area (Å²) in [6.07, 6.45) is 1.15. The third-order valence-corrected chi connectivity index (χ3v) is 5.18. The van der Waals surface area contributed by atoms with Crippen LogP contribution in [0.3, 0.4) is 0 Å². The number of aliphatic imine (C=N–C) groups is 1. The fraction of sp³-hybridized carbons (Fsp3) is 0.286. The maximum absolute atomic E-state index is 13.1. The van der Waals surface area contributed by atoms with Gasteiger partial charge in [0.2, 0.25) is 5.91 Å². The van der Waals surface area contributed by atoms with E-state index in [-0.39, 0.29) is 30.0 Å². The molecule has 150 valence electrons. The fourth-order valence-corrected chi connectivity index (χ4v) is 3.62. The van der Waals surface area contributed by atoms with Crippen LogP contribution in [0.1, 0.15) is 18.4 Å². The van der Waals surface area contributed by atoms with Crippen LogP contribution >= 0.6 is 0 Å². The molecule has 2 aliphatic heterocycles. The van der Waals surface area contributed by atoms with Crippen LogP contribution in [-0.4, -0.2) is 47.7 Å². The molecule has 29 heavy (non-hydrogen) atoms. The smallest absolute Gasteiger partial charge is 0.272 e. The van der Waals surface area contributed by atoms with Gasteiger partial charge in [-0.15, -0.1) is 0 Å². The van der Waals surface area contributed by atoms with Crippen LogP contribution in [0.25, 0.3) is 0 Å². The van der Waals surface area contributed by atoms with Crippen LogP contribution < -0.4 is 10.6 Å². The third kappa shape index (κ3) is 4.32. The van der Waals surface area contributed by atoms with E-state index in [0.717, 1.165) is 0 Å². The minimum Gasteiger partial charge on any atom is -0.326 e. The molecule has 4 rings (SSSR count). The van der Waals surface area contributed by atoms with Gasteiger partial charge in [-0.2, -0.15) is 0 Å². The van der Waals surface area contributed by atoms with Crippen molar-refractivity contribution < 1.29 is 18.4 Å². The topological polar surface area (TPSA) is 73.8 Å². The number of likely N-dealkylation sites (tertiary alicyclic amines) is 1. The Morgan fingerprint density at radius 1 is 1.03 bits per heavy atom. The quantitative estimate of drug-likeness (QED) is 0.830. The van der Waals surface area contributed by atoms with Gasteiger partial charge in [-0.05, 0) is 48.5 Å².